The third-order valence-electron chi connectivity index (χ3n) is 3.93. The van der Waals surface area contributed by atoms with Gasteiger partial charge in [0.05, 0.1) is 19.2 Å². The van der Waals surface area contributed by atoms with Gasteiger partial charge in [0.1, 0.15) is 5.75 Å². The number of benzene rings is 1. The Morgan fingerprint density at radius 2 is 2.19 bits per heavy atom. The molecule has 1 saturated carbocycles. The van der Waals surface area contributed by atoms with Gasteiger partial charge in [-0.2, -0.15) is 0 Å². The van der Waals surface area contributed by atoms with Crippen molar-refractivity contribution in [3.8, 4) is 5.75 Å². The van der Waals surface area contributed by atoms with Crippen molar-refractivity contribution in [3.05, 3.63) is 28.8 Å². The molecule has 1 heterocycles. The molecule has 3 nitrogen and oxygen atoms in total. The second kappa shape index (κ2) is 7.61. The minimum absolute atomic E-state index is 0. The third-order valence-corrected chi connectivity index (χ3v) is 5.12. The molecule has 2 aliphatic rings. The van der Waals surface area contributed by atoms with Crippen LogP contribution in [0.4, 0.5) is 0 Å². The lowest BCUT2D eigenvalue weighted by atomic mass is 9.92. The predicted octanol–water partition coefficient (Wildman–Crippen LogP) is 4.27. The van der Waals surface area contributed by atoms with Gasteiger partial charge in [0.2, 0.25) is 0 Å². The number of methoxy groups -OCH3 is 1. The monoisotopic (exact) mass is 346 g/mol. The fourth-order valence-corrected chi connectivity index (χ4v) is 4.02. The Morgan fingerprint density at radius 3 is 2.95 bits per heavy atom. The van der Waals surface area contributed by atoms with Crippen molar-refractivity contribution in [3.63, 3.8) is 0 Å². The van der Waals surface area contributed by atoms with Crippen LogP contribution >= 0.6 is 35.8 Å². The number of halogens is 2. The molecule has 1 N–H and O–H groups in total. The van der Waals surface area contributed by atoms with E-state index in [2.05, 4.69) is 5.32 Å². The third kappa shape index (κ3) is 3.99. The molecule has 6 heteroatoms. The molecule has 1 fully saturated rings. The van der Waals surface area contributed by atoms with Crippen molar-refractivity contribution in [2.24, 2.45) is 4.99 Å². The zero-order valence-electron chi connectivity index (χ0n) is 12.0. The maximum Gasteiger partial charge on any atom is 0.157 e. The standard InChI is InChI=1S/C15H19ClN2OS.ClH/c1-19-14-7-6-11(16)8-10(14)9-20-15-17-12-4-2-3-5-13(12)18-15;/h6-8,12-13H,2-5,9H2,1H3,(H,17,18);1H. The summed E-state index contributed by atoms with van der Waals surface area (Å²) in [5, 5.41) is 5.37. The van der Waals surface area contributed by atoms with Crippen LogP contribution in [-0.4, -0.2) is 24.4 Å². The minimum Gasteiger partial charge on any atom is -0.496 e. The van der Waals surface area contributed by atoms with Gasteiger partial charge in [-0.05, 0) is 31.0 Å². The molecule has 21 heavy (non-hydrogen) atoms. The summed E-state index contributed by atoms with van der Waals surface area (Å²) in [5.74, 6) is 1.72. The van der Waals surface area contributed by atoms with Crippen molar-refractivity contribution in [2.75, 3.05) is 7.11 Å². The summed E-state index contributed by atoms with van der Waals surface area (Å²) in [7, 11) is 1.69. The maximum atomic E-state index is 6.06. The summed E-state index contributed by atoms with van der Waals surface area (Å²) in [6.45, 7) is 0. The van der Waals surface area contributed by atoms with Crippen LogP contribution in [0.5, 0.6) is 5.75 Å². The van der Waals surface area contributed by atoms with Gasteiger partial charge >= 0.3 is 0 Å². The average molecular weight is 347 g/mol. The van der Waals surface area contributed by atoms with E-state index in [0.717, 1.165) is 27.3 Å². The predicted molar refractivity (Wildman–Crippen MR) is 93.2 cm³/mol. The van der Waals surface area contributed by atoms with Crippen LogP contribution in [0.15, 0.2) is 23.2 Å². The van der Waals surface area contributed by atoms with Crippen molar-refractivity contribution in [2.45, 2.75) is 43.5 Å². The Labute approximate surface area is 141 Å². The lowest BCUT2D eigenvalue weighted by Crippen LogP contribution is -2.36. The molecule has 3 rings (SSSR count). The van der Waals surface area contributed by atoms with E-state index in [9.17, 15) is 0 Å². The van der Waals surface area contributed by atoms with Gasteiger partial charge in [-0.1, -0.05) is 36.2 Å². The topological polar surface area (TPSA) is 33.6 Å². The van der Waals surface area contributed by atoms with Crippen LogP contribution in [0.1, 0.15) is 31.2 Å². The van der Waals surface area contributed by atoms with E-state index >= 15 is 0 Å². The van der Waals surface area contributed by atoms with Crippen molar-refractivity contribution < 1.29 is 4.74 Å². The van der Waals surface area contributed by atoms with Crippen LogP contribution in [0.2, 0.25) is 5.02 Å². The fraction of sp³-hybridized carbons (Fsp3) is 0.533. The molecule has 1 aromatic rings. The van der Waals surface area contributed by atoms with E-state index in [-0.39, 0.29) is 12.4 Å². The highest BCUT2D eigenvalue weighted by atomic mass is 35.5. The van der Waals surface area contributed by atoms with Crippen LogP contribution in [0.25, 0.3) is 0 Å². The molecule has 1 aliphatic carbocycles. The number of rotatable bonds is 3. The summed E-state index contributed by atoms with van der Waals surface area (Å²) in [6, 6.07) is 6.80. The van der Waals surface area contributed by atoms with Gasteiger partial charge in [0.15, 0.2) is 5.17 Å². The molecule has 0 saturated heterocycles. The minimum atomic E-state index is 0. The first-order valence-corrected chi connectivity index (χ1v) is 8.42. The highest BCUT2D eigenvalue weighted by molar-refractivity contribution is 8.13. The zero-order chi connectivity index (χ0) is 13.9. The summed E-state index contributed by atoms with van der Waals surface area (Å²) in [5.41, 5.74) is 1.12. The van der Waals surface area contributed by atoms with E-state index in [1.807, 2.05) is 18.2 Å². The highest BCUT2D eigenvalue weighted by Gasteiger charge is 2.30. The normalized spacial score (nSPS) is 23.6. The lowest BCUT2D eigenvalue weighted by molar-refractivity contribution is 0.385. The van der Waals surface area contributed by atoms with Crippen molar-refractivity contribution in [1.82, 2.24) is 5.32 Å². The largest absolute Gasteiger partial charge is 0.496 e. The van der Waals surface area contributed by atoms with Gasteiger partial charge in [0.25, 0.3) is 0 Å². The molecule has 0 bridgehead atoms. The highest BCUT2D eigenvalue weighted by Crippen LogP contribution is 2.30. The first-order valence-electron chi connectivity index (χ1n) is 7.06. The summed E-state index contributed by atoms with van der Waals surface area (Å²) in [6.07, 6.45) is 5.11. The number of hydrogen-bond donors (Lipinski definition) is 1. The Hall–Kier alpha value is -0.580. The van der Waals surface area contributed by atoms with Crippen LogP contribution in [0.3, 0.4) is 0 Å². The Kier molecular flexibility index (Phi) is 6.08. The Morgan fingerprint density at radius 1 is 1.38 bits per heavy atom. The molecular weight excluding hydrogens is 327 g/mol. The van der Waals surface area contributed by atoms with Gasteiger partial charge in [0, 0.05) is 16.3 Å². The molecule has 0 amide bonds. The molecular formula is C15H20Cl2N2OS. The van der Waals surface area contributed by atoms with E-state index in [0.29, 0.717) is 12.1 Å². The van der Waals surface area contributed by atoms with E-state index in [4.69, 9.17) is 21.3 Å². The number of fused-ring (bicyclic) bond motifs is 1. The molecule has 0 spiro atoms. The molecule has 2 atom stereocenters. The maximum absolute atomic E-state index is 6.06. The van der Waals surface area contributed by atoms with Crippen molar-refractivity contribution >= 4 is 40.9 Å². The van der Waals surface area contributed by atoms with Crippen molar-refractivity contribution in [1.29, 1.82) is 0 Å². The second-order valence-corrected chi connectivity index (χ2v) is 6.68. The smallest absolute Gasteiger partial charge is 0.157 e. The Bertz CT molecular complexity index is 524. The molecule has 1 aliphatic heterocycles. The SMILES string of the molecule is COc1ccc(Cl)cc1CSC1=NC2CCCCC2N1.Cl. The van der Waals surface area contributed by atoms with Crippen LogP contribution in [-0.2, 0) is 5.75 Å². The quantitative estimate of drug-likeness (QED) is 0.886. The summed E-state index contributed by atoms with van der Waals surface area (Å²) < 4.78 is 5.38. The van der Waals surface area contributed by atoms with E-state index in [1.54, 1.807) is 18.9 Å². The van der Waals surface area contributed by atoms with E-state index < -0.39 is 0 Å². The number of amidine groups is 1. The number of aliphatic imine (C=N–C) groups is 1. The Balaban J connectivity index is 0.00000161. The first-order chi connectivity index (χ1) is 9.76. The zero-order valence-corrected chi connectivity index (χ0v) is 14.4. The van der Waals surface area contributed by atoms with Crippen LogP contribution < -0.4 is 10.1 Å². The molecule has 2 unspecified atom stereocenters. The molecule has 0 radical (unpaired) electrons. The fourth-order valence-electron chi connectivity index (χ4n) is 2.87. The molecule has 0 aromatic heterocycles. The van der Waals surface area contributed by atoms with Gasteiger partial charge in [-0.25, -0.2) is 0 Å². The van der Waals surface area contributed by atoms with E-state index in [1.165, 1.54) is 25.7 Å². The molecule has 1 aromatic carbocycles. The average Bonchev–Trinajstić information content (AvgIpc) is 2.88. The summed E-state index contributed by atoms with van der Waals surface area (Å²) in [4.78, 5) is 4.80. The van der Waals surface area contributed by atoms with Gasteiger partial charge in [-0.3, -0.25) is 4.99 Å². The first kappa shape index (κ1) is 16.8. The number of thioether (sulfide) groups is 1. The number of ether oxygens (including phenoxy) is 1. The van der Waals surface area contributed by atoms with Crippen LogP contribution in [0, 0.1) is 0 Å². The number of nitrogens with one attached hydrogen (secondary N) is 1. The number of hydrogen-bond acceptors (Lipinski definition) is 4. The number of nitrogens with zero attached hydrogens (tertiary/aromatic N) is 1. The second-order valence-electron chi connectivity index (χ2n) is 5.28. The summed E-state index contributed by atoms with van der Waals surface area (Å²) >= 11 is 7.80. The molecule has 116 valence electrons. The lowest BCUT2D eigenvalue weighted by Gasteiger charge is -2.23. The van der Waals surface area contributed by atoms with Gasteiger partial charge in [-0.15, -0.1) is 12.4 Å². The van der Waals surface area contributed by atoms with Gasteiger partial charge < -0.3 is 10.1 Å².